The Balaban J connectivity index is 0.00000289. The summed E-state index contributed by atoms with van der Waals surface area (Å²) in [5.41, 5.74) is 8.51. The number of ether oxygens (including phenoxy) is 1. The van der Waals surface area contributed by atoms with E-state index in [4.69, 9.17) is 10.5 Å². The van der Waals surface area contributed by atoms with Gasteiger partial charge in [-0.1, -0.05) is 26.0 Å². The third-order valence-electron chi connectivity index (χ3n) is 3.11. The van der Waals surface area contributed by atoms with Gasteiger partial charge in [-0.25, -0.2) is 0 Å². The van der Waals surface area contributed by atoms with Crippen molar-refractivity contribution in [1.82, 2.24) is 0 Å². The van der Waals surface area contributed by atoms with Crippen molar-refractivity contribution in [1.29, 1.82) is 0 Å². The summed E-state index contributed by atoms with van der Waals surface area (Å²) in [6.45, 7) is 9.22. The van der Waals surface area contributed by atoms with Crippen molar-refractivity contribution in [3.63, 3.8) is 0 Å². The minimum atomic E-state index is 0. The number of hydrogen-bond acceptors (Lipinski definition) is 2. The highest BCUT2D eigenvalue weighted by Gasteiger charge is 2.10. The normalized spacial score (nSPS) is 13.6. The molecular weight excluding hydrogens is 246 g/mol. The molecule has 2 N–H and O–H groups in total. The Morgan fingerprint density at radius 3 is 2.39 bits per heavy atom. The van der Waals surface area contributed by atoms with Crippen LogP contribution in [0.4, 0.5) is 0 Å². The van der Waals surface area contributed by atoms with Gasteiger partial charge in [0.15, 0.2) is 0 Å². The molecule has 18 heavy (non-hydrogen) atoms. The lowest BCUT2D eigenvalue weighted by Gasteiger charge is -2.16. The van der Waals surface area contributed by atoms with Crippen LogP contribution >= 0.6 is 12.4 Å². The summed E-state index contributed by atoms with van der Waals surface area (Å²) in [7, 11) is 0. The zero-order chi connectivity index (χ0) is 12.8. The first-order valence-corrected chi connectivity index (χ1v) is 6.59. The van der Waals surface area contributed by atoms with E-state index in [-0.39, 0.29) is 18.4 Å². The molecule has 0 heterocycles. The van der Waals surface area contributed by atoms with Crippen LogP contribution in [0.1, 0.15) is 51.2 Å². The van der Waals surface area contributed by atoms with E-state index in [1.807, 2.05) is 13.8 Å². The van der Waals surface area contributed by atoms with E-state index in [0.717, 1.165) is 18.6 Å². The van der Waals surface area contributed by atoms with E-state index in [0.29, 0.717) is 12.5 Å². The summed E-state index contributed by atoms with van der Waals surface area (Å²) in [6.07, 6.45) is 2.03. The van der Waals surface area contributed by atoms with E-state index in [1.54, 1.807) is 0 Å². The van der Waals surface area contributed by atoms with Gasteiger partial charge < -0.3 is 10.5 Å². The summed E-state index contributed by atoms with van der Waals surface area (Å²) in [6, 6.07) is 6.68. The highest BCUT2D eigenvalue weighted by Crippen LogP contribution is 2.26. The second-order valence-electron chi connectivity index (χ2n) is 4.79. The fourth-order valence-electron chi connectivity index (χ4n) is 1.94. The maximum absolute atomic E-state index is 5.89. The van der Waals surface area contributed by atoms with Crippen LogP contribution in [0, 0.1) is 0 Å². The largest absolute Gasteiger partial charge is 0.494 e. The second kappa shape index (κ2) is 8.39. The van der Waals surface area contributed by atoms with Crippen molar-refractivity contribution >= 4 is 12.4 Å². The molecule has 2 atom stereocenters. The highest BCUT2D eigenvalue weighted by molar-refractivity contribution is 5.85. The first-order valence-electron chi connectivity index (χ1n) is 6.59. The maximum Gasteiger partial charge on any atom is 0.122 e. The molecule has 0 aliphatic carbocycles. The molecule has 2 unspecified atom stereocenters. The van der Waals surface area contributed by atoms with E-state index in [1.165, 1.54) is 11.1 Å². The molecule has 0 amide bonds. The highest BCUT2D eigenvalue weighted by atomic mass is 35.5. The van der Waals surface area contributed by atoms with E-state index in [2.05, 4.69) is 32.0 Å². The lowest BCUT2D eigenvalue weighted by molar-refractivity contribution is 0.335. The molecule has 104 valence electrons. The Morgan fingerprint density at radius 2 is 1.89 bits per heavy atom. The Labute approximate surface area is 117 Å². The van der Waals surface area contributed by atoms with Crippen LogP contribution < -0.4 is 10.5 Å². The van der Waals surface area contributed by atoms with Gasteiger partial charge in [-0.15, -0.1) is 12.4 Å². The molecule has 0 aromatic heterocycles. The molecule has 0 spiro atoms. The fraction of sp³-hybridized carbons (Fsp3) is 0.600. The quantitative estimate of drug-likeness (QED) is 0.851. The van der Waals surface area contributed by atoms with Crippen LogP contribution in [0.3, 0.4) is 0 Å². The van der Waals surface area contributed by atoms with E-state index in [9.17, 15) is 0 Å². The number of halogens is 1. The molecule has 3 heteroatoms. The summed E-state index contributed by atoms with van der Waals surface area (Å²) >= 11 is 0. The fourth-order valence-corrected chi connectivity index (χ4v) is 1.94. The standard InChI is InChI=1S/C15H25NO.ClH/c1-5-11(3)13-7-8-15(17-6-2)14(10-13)9-12(4)16;/h7-8,10-12H,5-6,9,16H2,1-4H3;1H. The smallest absolute Gasteiger partial charge is 0.122 e. The molecule has 0 saturated carbocycles. The summed E-state index contributed by atoms with van der Waals surface area (Å²) in [5, 5.41) is 0. The topological polar surface area (TPSA) is 35.2 Å². The summed E-state index contributed by atoms with van der Waals surface area (Å²) in [5.74, 6) is 1.58. The third-order valence-corrected chi connectivity index (χ3v) is 3.11. The minimum Gasteiger partial charge on any atom is -0.494 e. The molecule has 1 rings (SSSR count). The Bertz CT molecular complexity index is 352. The minimum absolute atomic E-state index is 0. The van der Waals surface area contributed by atoms with Gasteiger partial charge in [0.1, 0.15) is 5.75 Å². The average Bonchev–Trinajstić information content (AvgIpc) is 2.30. The number of rotatable bonds is 6. The Morgan fingerprint density at radius 1 is 1.22 bits per heavy atom. The van der Waals surface area contributed by atoms with E-state index < -0.39 is 0 Å². The number of hydrogen-bond donors (Lipinski definition) is 1. The Kier molecular flexibility index (Phi) is 8.05. The van der Waals surface area contributed by atoms with Crippen LogP contribution in [-0.4, -0.2) is 12.6 Å². The zero-order valence-corrected chi connectivity index (χ0v) is 12.7. The molecule has 1 aromatic carbocycles. The van der Waals surface area contributed by atoms with Crippen LogP contribution in [-0.2, 0) is 6.42 Å². The molecule has 0 radical (unpaired) electrons. The second-order valence-corrected chi connectivity index (χ2v) is 4.79. The van der Waals surface area contributed by atoms with Gasteiger partial charge in [0.25, 0.3) is 0 Å². The molecule has 0 fully saturated rings. The van der Waals surface area contributed by atoms with Crippen LogP contribution in [0.15, 0.2) is 18.2 Å². The van der Waals surface area contributed by atoms with Crippen molar-refractivity contribution in [2.24, 2.45) is 5.73 Å². The van der Waals surface area contributed by atoms with Gasteiger partial charge in [0.05, 0.1) is 6.61 Å². The molecule has 2 nitrogen and oxygen atoms in total. The predicted molar refractivity (Wildman–Crippen MR) is 80.9 cm³/mol. The maximum atomic E-state index is 5.89. The van der Waals surface area contributed by atoms with Crippen molar-refractivity contribution in [3.05, 3.63) is 29.3 Å². The molecule has 0 aliphatic heterocycles. The SMILES string of the molecule is CCOc1ccc(C(C)CC)cc1CC(C)N.Cl. The summed E-state index contributed by atoms with van der Waals surface area (Å²) in [4.78, 5) is 0. The zero-order valence-electron chi connectivity index (χ0n) is 11.9. The molecular formula is C15H26ClNO. The van der Waals surface area contributed by atoms with Crippen molar-refractivity contribution < 1.29 is 4.74 Å². The number of benzene rings is 1. The van der Waals surface area contributed by atoms with Crippen molar-refractivity contribution in [3.8, 4) is 5.75 Å². The van der Waals surface area contributed by atoms with Gasteiger partial charge in [0, 0.05) is 6.04 Å². The van der Waals surface area contributed by atoms with Crippen molar-refractivity contribution in [2.75, 3.05) is 6.61 Å². The predicted octanol–water partition coefficient (Wildman–Crippen LogP) is 3.91. The molecule has 0 aliphatic rings. The van der Waals surface area contributed by atoms with Gasteiger partial charge in [-0.2, -0.15) is 0 Å². The lowest BCUT2D eigenvalue weighted by Crippen LogP contribution is -2.18. The van der Waals surface area contributed by atoms with Gasteiger partial charge in [-0.05, 0) is 49.8 Å². The Hall–Kier alpha value is -0.730. The van der Waals surface area contributed by atoms with Crippen LogP contribution in [0.2, 0.25) is 0 Å². The van der Waals surface area contributed by atoms with Gasteiger partial charge in [0.2, 0.25) is 0 Å². The van der Waals surface area contributed by atoms with Crippen molar-refractivity contribution in [2.45, 2.75) is 52.5 Å². The first kappa shape index (κ1) is 17.3. The summed E-state index contributed by atoms with van der Waals surface area (Å²) < 4.78 is 5.65. The van der Waals surface area contributed by atoms with Gasteiger partial charge >= 0.3 is 0 Å². The average molecular weight is 272 g/mol. The molecule has 0 saturated heterocycles. The molecule has 1 aromatic rings. The van der Waals surface area contributed by atoms with Crippen LogP contribution in [0.25, 0.3) is 0 Å². The lowest BCUT2D eigenvalue weighted by atomic mass is 9.94. The monoisotopic (exact) mass is 271 g/mol. The molecule has 0 bridgehead atoms. The number of nitrogens with two attached hydrogens (primary N) is 1. The third kappa shape index (κ3) is 4.87. The van der Waals surface area contributed by atoms with Crippen LogP contribution in [0.5, 0.6) is 5.75 Å². The van der Waals surface area contributed by atoms with Gasteiger partial charge in [-0.3, -0.25) is 0 Å². The first-order chi connectivity index (χ1) is 8.08. The van der Waals surface area contributed by atoms with E-state index >= 15 is 0 Å².